The number of aromatic nitrogens is 1. The minimum Gasteiger partial charge on any atom is -0.376 e. The van der Waals surface area contributed by atoms with E-state index in [1.807, 2.05) is 0 Å². The molecule has 19 heavy (non-hydrogen) atoms. The zero-order valence-corrected chi connectivity index (χ0v) is 11.9. The summed E-state index contributed by atoms with van der Waals surface area (Å²) in [6.07, 6.45) is 3.44. The highest BCUT2D eigenvalue weighted by Gasteiger charge is 2.21. The van der Waals surface area contributed by atoms with Gasteiger partial charge in [0.05, 0.1) is 17.7 Å². The summed E-state index contributed by atoms with van der Waals surface area (Å²) < 4.78 is 5.80. The van der Waals surface area contributed by atoms with Crippen LogP contribution in [0.3, 0.4) is 0 Å². The molecule has 0 spiro atoms. The zero-order chi connectivity index (χ0) is 13.7. The largest absolute Gasteiger partial charge is 0.376 e. The van der Waals surface area contributed by atoms with E-state index in [2.05, 4.69) is 22.9 Å². The molecule has 1 aliphatic rings. The maximum Gasteiger partial charge on any atom is 0.132 e. The number of ether oxygens (including phenoxy) is 1. The smallest absolute Gasteiger partial charge is 0.132 e. The van der Waals surface area contributed by atoms with Gasteiger partial charge in [-0.15, -0.1) is 0 Å². The van der Waals surface area contributed by atoms with Crippen LogP contribution in [0, 0.1) is 11.3 Å². The van der Waals surface area contributed by atoms with Gasteiger partial charge >= 0.3 is 0 Å². The minimum atomic E-state index is 0.250. The van der Waals surface area contributed by atoms with Gasteiger partial charge in [0.1, 0.15) is 11.0 Å². The van der Waals surface area contributed by atoms with Crippen molar-refractivity contribution in [2.45, 2.75) is 32.3 Å². The van der Waals surface area contributed by atoms with Gasteiger partial charge in [-0.05, 0) is 31.4 Å². The van der Waals surface area contributed by atoms with Crippen LogP contribution in [0.15, 0.2) is 12.1 Å². The van der Waals surface area contributed by atoms with Gasteiger partial charge in [-0.1, -0.05) is 18.5 Å². The van der Waals surface area contributed by atoms with Gasteiger partial charge in [0.2, 0.25) is 0 Å². The Morgan fingerprint density at radius 3 is 3.16 bits per heavy atom. The third-order valence-electron chi connectivity index (χ3n) is 3.17. The maximum atomic E-state index is 8.97. The van der Waals surface area contributed by atoms with Crippen LogP contribution in [-0.2, 0) is 4.74 Å². The van der Waals surface area contributed by atoms with Crippen molar-refractivity contribution in [3.8, 4) is 6.07 Å². The van der Waals surface area contributed by atoms with Crippen LogP contribution >= 0.6 is 11.6 Å². The Morgan fingerprint density at radius 2 is 2.42 bits per heavy atom. The highest BCUT2D eigenvalue weighted by molar-refractivity contribution is 6.29. The van der Waals surface area contributed by atoms with Crippen molar-refractivity contribution in [1.29, 1.82) is 5.26 Å². The molecule has 5 heteroatoms. The molecule has 102 valence electrons. The molecule has 0 amide bonds. The molecule has 1 aliphatic heterocycles. The molecule has 2 heterocycles. The van der Waals surface area contributed by atoms with Crippen LogP contribution in [0.4, 0.5) is 5.82 Å². The normalized spacial score (nSPS) is 19.2. The fourth-order valence-corrected chi connectivity index (χ4v) is 2.48. The predicted octanol–water partition coefficient (Wildman–Crippen LogP) is 3.00. The lowest BCUT2D eigenvalue weighted by molar-refractivity contribution is 0.0439. The molecular weight excluding hydrogens is 262 g/mol. The fourth-order valence-electron chi connectivity index (χ4n) is 2.28. The van der Waals surface area contributed by atoms with E-state index in [0.717, 1.165) is 44.8 Å². The summed E-state index contributed by atoms with van der Waals surface area (Å²) in [6, 6.07) is 5.48. The molecule has 1 atom stereocenters. The quantitative estimate of drug-likeness (QED) is 0.795. The summed E-state index contributed by atoms with van der Waals surface area (Å²) in [4.78, 5) is 6.45. The topological polar surface area (TPSA) is 49.1 Å². The highest BCUT2D eigenvalue weighted by atomic mass is 35.5. The molecule has 2 rings (SSSR count). The van der Waals surface area contributed by atoms with Crippen LogP contribution in [0.25, 0.3) is 0 Å². The summed E-state index contributed by atoms with van der Waals surface area (Å²) in [5.41, 5.74) is 0.548. The van der Waals surface area contributed by atoms with Crippen molar-refractivity contribution in [2.24, 2.45) is 0 Å². The lowest BCUT2D eigenvalue weighted by atomic mass is 10.1. The summed E-state index contributed by atoms with van der Waals surface area (Å²) in [5, 5.41) is 9.34. The van der Waals surface area contributed by atoms with Gasteiger partial charge in [0.25, 0.3) is 0 Å². The number of piperidine rings is 1. The first-order valence-corrected chi connectivity index (χ1v) is 7.05. The van der Waals surface area contributed by atoms with E-state index in [-0.39, 0.29) is 6.10 Å². The minimum absolute atomic E-state index is 0.250. The van der Waals surface area contributed by atoms with Crippen LogP contribution in [0.2, 0.25) is 5.15 Å². The van der Waals surface area contributed by atoms with E-state index in [4.69, 9.17) is 21.6 Å². The number of rotatable bonds is 4. The second kappa shape index (κ2) is 6.74. The van der Waals surface area contributed by atoms with E-state index >= 15 is 0 Å². The standard InChI is InChI=1S/C14H18ClN3O/c1-2-6-19-12-4-3-5-18(10-12)14-8-11(9-16)7-13(15)17-14/h7-8,12H,2-6,10H2,1H3. The molecule has 0 radical (unpaired) electrons. The van der Waals surface area contributed by atoms with Gasteiger partial charge < -0.3 is 9.64 Å². The van der Waals surface area contributed by atoms with Crippen LogP contribution < -0.4 is 4.90 Å². The Balaban J connectivity index is 2.08. The van der Waals surface area contributed by atoms with Crippen molar-refractivity contribution >= 4 is 17.4 Å². The molecule has 1 fully saturated rings. The summed E-state index contributed by atoms with van der Waals surface area (Å²) in [6.45, 7) is 4.66. The zero-order valence-electron chi connectivity index (χ0n) is 11.1. The highest BCUT2D eigenvalue weighted by Crippen LogP contribution is 2.22. The summed E-state index contributed by atoms with van der Waals surface area (Å²) >= 11 is 5.95. The van der Waals surface area contributed by atoms with E-state index < -0.39 is 0 Å². The SMILES string of the molecule is CCCOC1CCCN(c2cc(C#N)cc(Cl)n2)C1. The number of hydrogen-bond acceptors (Lipinski definition) is 4. The molecular formula is C14H18ClN3O. The van der Waals surface area contributed by atoms with Gasteiger partial charge in [-0.2, -0.15) is 5.26 Å². The Hall–Kier alpha value is -1.31. The third-order valence-corrected chi connectivity index (χ3v) is 3.36. The number of anilines is 1. The molecule has 0 bridgehead atoms. The Bertz CT molecular complexity index is 472. The molecule has 4 nitrogen and oxygen atoms in total. The first-order chi connectivity index (χ1) is 9.22. The van der Waals surface area contributed by atoms with Crippen molar-refractivity contribution < 1.29 is 4.74 Å². The summed E-state index contributed by atoms with van der Waals surface area (Å²) in [5.74, 6) is 0.772. The monoisotopic (exact) mass is 279 g/mol. The number of hydrogen-bond donors (Lipinski definition) is 0. The van der Waals surface area contributed by atoms with Gasteiger partial charge in [-0.3, -0.25) is 0 Å². The number of nitrogens with zero attached hydrogens (tertiary/aromatic N) is 3. The van der Waals surface area contributed by atoms with Crippen molar-refractivity contribution in [1.82, 2.24) is 4.98 Å². The van der Waals surface area contributed by atoms with E-state index in [9.17, 15) is 0 Å². The van der Waals surface area contributed by atoms with Gasteiger partial charge in [0, 0.05) is 19.7 Å². The summed E-state index contributed by atoms with van der Waals surface area (Å²) in [7, 11) is 0. The second-order valence-electron chi connectivity index (χ2n) is 4.73. The van der Waals surface area contributed by atoms with Gasteiger partial charge in [0.15, 0.2) is 0 Å². The molecule has 0 saturated carbocycles. The molecule has 0 N–H and O–H groups in total. The van der Waals surface area contributed by atoms with E-state index in [1.165, 1.54) is 0 Å². The maximum absolute atomic E-state index is 8.97. The predicted molar refractivity (Wildman–Crippen MR) is 75.4 cm³/mol. The second-order valence-corrected chi connectivity index (χ2v) is 5.12. The van der Waals surface area contributed by atoms with Crippen LogP contribution in [0.1, 0.15) is 31.7 Å². The third kappa shape index (κ3) is 3.82. The number of nitriles is 1. The van der Waals surface area contributed by atoms with Gasteiger partial charge in [-0.25, -0.2) is 4.98 Å². The molecule has 1 aromatic heterocycles. The van der Waals surface area contributed by atoms with Crippen molar-refractivity contribution in [2.75, 3.05) is 24.6 Å². The van der Waals surface area contributed by atoms with Crippen molar-refractivity contribution in [3.05, 3.63) is 22.8 Å². The van der Waals surface area contributed by atoms with Crippen molar-refractivity contribution in [3.63, 3.8) is 0 Å². The number of pyridine rings is 1. The van der Waals surface area contributed by atoms with E-state index in [1.54, 1.807) is 12.1 Å². The average Bonchev–Trinajstić information content (AvgIpc) is 2.44. The first-order valence-electron chi connectivity index (χ1n) is 6.67. The Labute approximate surface area is 118 Å². The van der Waals surface area contributed by atoms with Crippen LogP contribution in [-0.4, -0.2) is 30.8 Å². The number of halogens is 1. The fraction of sp³-hybridized carbons (Fsp3) is 0.571. The molecule has 0 aliphatic carbocycles. The van der Waals surface area contributed by atoms with E-state index in [0.29, 0.717) is 10.7 Å². The van der Waals surface area contributed by atoms with Crippen LogP contribution in [0.5, 0.6) is 0 Å². The molecule has 0 aromatic carbocycles. The molecule has 1 aromatic rings. The molecule has 1 saturated heterocycles. The Kier molecular flexibility index (Phi) is 5.00. The lowest BCUT2D eigenvalue weighted by Gasteiger charge is -2.33. The average molecular weight is 280 g/mol. The lowest BCUT2D eigenvalue weighted by Crippen LogP contribution is -2.40. The molecule has 1 unspecified atom stereocenters. The Morgan fingerprint density at radius 1 is 1.58 bits per heavy atom. The first kappa shape index (κ1) is 14.1.